The van der Waals surface area contributed by atoms with Crippen molar-refractivity contribution in [2.24, 2.45) is 17.8 Å². The van der Waals surface area contributed by atoms with Crippen LogP contribution in [-0.4, -0.2) is 24.3 Å². The molecule has 0 bridgehead atoms. The van der Waals surface area contributed by atoms with Gasteiger partial charge in [0.05, 0.1) is 0 Å². The molecule has 0 aromatic rings. The van der Waals surface area contributed by atoms with Gasteiger partial charge in [0.25, 0.3) is 0 Å². The van der Waals surface area contributed by atoms with E-state index in [1.165, 1.54) is 32.1 Å². The maximum atomic E-state index is 8.95. The van der Waals surface area contributed by atoms with Crippen molar-refractivity contribution in [1.29, 1.82) is 0 Å². The minimum atomic E-state index is 0.345. The normalized spacial score (nSPS) is 23.4. The quantitative estimate of drug-likeness (QED) is 0.645. The average Bonchev–Trinajstić information content (AvgIpc) is 3.09. The molecular formula is C13H25NO. The Hall–Kier alpha value is -0.0800. The zero-order valence-corrected chi connectivity index (χ0v) is 9.91. The summed E-state index contributed by atoms with van der Waals surface area (Å²) in [6, 6.07) is 0.817. The molecule has 1 unspecified atom stereocenters. The van der Waals surface area contributed by atoms with Crippen molar-refractivity contribution in [2.75, 3.05) is 13.2 Å². The van der Waals surface area contributed by atoms with Crippen molar-refractivity contribution in [3.8, 4) is 0 Å². The average molecular weight is 211 g/mol. The number of nitrogens with one attached hydrogen (secondary N) is 1. The highest BCUT2D eigenvalue weighted by Gasteiger charge is 2.41. The van der Waals surface area contributed by atoms with Gasteiger partial charge in [-0.25, -0.2) is 0 Å². The minimum absolute atomic E-state index is 0.345. The van der Waals surface area contributed by atoms with Gasteiger partial charge in [0.2, 0.25) is 0 Å². The number of hydrogen-bond acceptors (Lipinski definition) is 2. The lowest BCUT2D eigenvalue weighted by molar-refractivity contribution is 0.245. The first-order valence-corrected chi connectivity index (χ1v) is 6.69. The van der Waals surface area contributed by atoms with E-state index in [4.69, 9.17) is 5.11 Å². The third kappa shape index (κ3) is 3.46. The second-order valence-corrected chi connectivity index (χ2v) is 5.40. The Morgan fingerprint density at radius 2 is 1.80 bits per heavy atom. The van der Waals surface area contributed by atoms with Gasteiger partial charge in [-0.2, -0.15) is 0 Å². The molecule has 2 rings (SSSR count). The molecule has 0 saturated heterocycles. The second kappa shape index (κ2) is 5.31. The van der Waals surface area contributed by atoms with Gasteiger partial charge in [0.1, 0.15) is 0 Å². The van der Waals surface area contributed by atoms with Gasteiger partial charge in [0, 0.05) is 12.6 Å². The van der Waals surface area contributed by atoms with Crippen LogP contribution in [-0.2, 0) is 0 Å². The van der Waals surface area contributed by atoms with Crippen molar-refractivity contribution < 1.29 is 5.11 Å². The fraction of sp³-hybridized carbons (Fsp3) is 1.00. The lowest BCUT2D eigenvalue weighted by Gasteiger charge is -2.21. The second-order valence-electron chi connectivity index (χ2n) is 5.40. The van der Waals surface area contributed by atoms with E-state index in [-0.39, 0.29) is 0 Å². The van der Waals surface area contributed by atoms with E-state index in [9.17, 15) is 0 Å². The molecule has 0 aromatic carbocycles. The van der Waals surface area contributed by atoms with E-state index in [2.05, 4.69) is 12.2 Å². The van der Waals surface area contributed by atoms with Crippen LogP contribution in [0.5, 0.6) is 0 Å². The number of rotatable bonds is 8. The standard InChI is InChI=1S/C13H25NO/c1-2-10(7-8-15)9-14-13(11-3-4-11)12-5-6-12/h10-15H,2-9H2,1H3. The Bertz CT molecular complexity index is 175. The van der Waals surface area contributed by atoms with Crippen LogP contribution in [0.4, 0.5) is 0 Å². The van der Waals surface area contributed by atoms with Crippen LogP contribution in [0, 0.1) is 17.8 Å². The summed E-state index contributed by atoms with van der Waals surface area (Å²) in [5, 5.41) is 12.7. The topological polar surface area (TPSA) is 32.3 Å². The largest absolute Gasteiger partial charge is 0.396 e. The van der Waals surface area contributed by atoms with Crippen LogP contribution in [0.3, 0.4) is 0 Å². The minimum Gasteiger partial charge on any atom is -0.396 e. The first-order valence-electron chi connectivity index (χ1n) is 6.69. The summed E-state index contributed by atoms with van der Waals surface area (Å²) in [5.74, 6) is 2.66. The van der Waals surface area contributed by atoms with Crippen LogP contribution in [0.15, 0.2) is 0 Å². The molecule has 0 radical (unpaired) electrons. The predicted molar refractivity (Wildman–Crippen MR) is 62.7 cm³/mol. The van der Waals surface area contributed by atoms with E-state index < -0.39 is 0 Å². The first-order chi connectivity index (χ1) is 7.35. The van der Waals surface area contributed by atoms with Crippen molar-refractivity contribution in [2.45, 2.75) is 51.5 Å². The first kappa shape index (κ1) is 11.4. The van der Waals surface area contributed by atoms with Gasteiger partial charge < -0.3 is 10.4 Å². The fourth-order valence-electron chi connectivity index (χ4n) is 2.56. The molecule has 2 aliphatic carbocycles. The van der Waals surface area contributed by atoms with Crippen LogP contribution >= 0.6 is 0 Å². The van der Waals surface area contributed by atoms with Crippen LogP contribution in [0.1, 0.15) is 45.4 Å². The van der Waals surface area contributed by atoms with E-state index >= 15 is 0 Å². The third-order valence-corrected chi connectivity index (χ3v) is 4.02. The van der Waals surface area contributed by atoms with Crippen LogP contribution in [0.2, 0.25) is 0 Å². The molecule has 2 fully saturated rings. The van der Waals surface area contributed by atoms with Gasteiger partial charge in [-0.1, -0.05) is 13.3 Å². The summed E-state index contributed by atoms with van der Waals surface area (Å²) in [4.78, 5) is 0. The highest BCUT2D eigenvalue weighted by atomic mass is 16.3. The van der Waals surface area contributed by atoms with Crippen LogP contribution < -0.4 is 5.32 Å². The van der Waals surface area contributed by atoms with Crippen LogP contribution in [0.25, 0.3) is 0 Å². The maximum Gasteiger partial charge on any atom is 0.0434 e. The summed E-state index contributed by atoms with van der Waals surface area (Å²) in [6.07, 6.45) is 7.95. The lowest BCUT2D eigenvalue weighted by atomic mass is 10.0. The van der Waals surface area contributed by atoms with Gasteiger partial charge in [-0.15, -0.1) is 0 Å². The monoisotopic (exact) mass is 211 g/mol. The summed E-state index contributed by atoms with van der Waals surface area (Å²) in [6.45, 7) is 3.69. The number of hydrogen-bond donors (Lipinski definition) is 2. The van der Waals surface area contributed by atoms with E-state index in [0.29, 0.717) is 12.5 Å². The molecule has 2 aliphatic rings. The molecule has 2 heteroatoms. The van der Waals surface area contributed by atoms with Crippen molar-refractivity contribution >= 4 is 0 Å². The SMILES string of the molecule is CCC(CCO)CNC(C1CC1)C1CC1. The highest BCUT2D eigenvalue weighted by Crippen LogP contribution is 2.44. The Labute approximate surface area is 93.5 Å². The molecule has 15 heavy (non-hydrogen) atoms. The molecule has 0 spiro atoms. The molecule has 2 N–H and O–H groups in total. The van der Waals surface area contributed by atoms with E-state index in [1.54, 1.807) is 0 Å². The zero-order chi connectivity index (χ0) is 10.7. The maximum absolute atomic E-state index is 8.95. The molecule has 2 saturated carbocycles. The number of aliphatic hydroxyl groups is 1. The molecule has 1 atom stereocenters. The van der Waals surface area contributed by atoms with Crippen molar-refractivity contribution in [3.05, 3.63) is 0 Å². The van der Waals surface area contributed by atoms with E-state index in [0.717, 1.165) is 30.8 Å². The molecule has 0 aliphatic heterocycles. The smallest absolute Gasteiger partial charge is 0.0434 e. The summed E-state index contributed by atoms with van der Waals surface area (Å²) >= 11 is 0. The van der Waals surface area contributed by atoms with Crippen molar-refractivity contribution in [3.63, 3.8) is 0 Å². The number of aliphatic hydroxyl groups excluding tert-OH is 1. The molecule has 0 aromatic heterocycles. The summed E-state index contributed by atoms with van der Waals surface area (Å²) in [7, 11) is 0. The van der Waals surface area contributed by atoms with Gasteiger partial charge in [-0.3, -0.25) is 0 Å². The van der Waals surface area contributed by atoms with Gasteiger partial charge >= 0.3 is 0 Å². The summed E-state index contributed by atoms with van der Waals surface area (Å²) < 4.78 is 0. The predicted octanol–water partition coefficient (Wildman–Crippen LogP) is 2.17. The Morgan fingerprint density at radius 1 is 1.20 bits per heavy atom. The third-order valence-electron chi connectivity index (χ3n) is 4.02. The molecule has 0 heterocycles. The fourth-order valence-corrected chi connectivity index (χ4v) is 2.56. The Balaban J connectivity index is 1.69. The molecule has 88 valence electrons. The lowest BCUT2D eigenvalue weighted by Crippen LogP contribution is -2.36. The van der Waals surface area contributed by atoms with E-state index in [1.807, 2.05) is 0 Å². The molecule has 2 nitrogen and oxygen atoms in total. The van der Waals surface area contributed by atoms with Crippen molar-refractivity contribution in [1.82, 2.24) is 5.32 Å². The van der Waals surface area contributed by atoms with Gasteiger partial charge in [-0.05, 0) is 56.4 Å². The summed E-state index contributed by atoms with van der Waals surface area (Å²) in [5.41, 5.74) is 0. The molecule has 0 amide bonds. The highest BCUT2D eigenvalue weighted by molar-refractivity contribution is 4.96. The van der Waals surface area contributed by atoms with Gasteiger partial charge in [0.15, 0.2) is 0 Å². The Kier molecular flexibility index (Phi) is 4.04. The molecular weight excluding hydrogens is 186 g/mol. The zero-order valence-electron chi connectivity index (χ0n) is 9.91. The Morgan fingerprint density at radius 3 is 2.20 bits per heavy atom.